The predicted octanol–water partition coefficient (Wildman–Crippen LogP) is 0.920. The lowest BCUT2D eigenvalue weighted by Gasteiger charge is -2.36. The fourth-order valence-electron chi connectivity index (χ4n) is 3.15. The standard InChI is InChI=1S/C17H21F2N3O3S2/c18-12-6-11(7-13(19)9-12)8-14(20)17(23)15-10-22(4-3-21-15)27(24,25)16-2-1-5-26-16/h1-2,5-7,9,14-15,17,21,23H,3-4,8,10,20H2/t14?,15-,17+/m1/s1. The molecule has 0 amide bonds. The summed E-state index contributed by atoms with van der Waals surface area (Å²) in [6.45, 7) is 0.716. The average Bonchev–Trinajstić information content (AvgIpc) is 3.15. The van der Waals surface area contributed by atoms with Crippen molar-refractivity contribution >= 4 is 21.4 Å². The first-order chi connectivity index (χ1) is 12.8. The lowest BCUT2D eigenvalue weighted by molar-refractivity contribution is 0.0799. The Kier molecular flexibility index (Phi) is 6.24. The van der Waals surface area contributed by atoms with E-state index >= 15 is 0 Å². The third-order valence-corrected chi connectivity index (χ3v) is 7.74. The van der Waals surface area contributed by atoms with Crippen molar-refractivity contribution in [3.63, 3.8) is 0 Å². The van der Waals surface area contributed by atoms with Crippen LogP contribution in [-0.2, 0) is 16.4 Å². The highest BCUT2D eigenvalue weighted by Gasteiger charge is 2.35. The zero-order valence-electron chi connectivity index (χ0n) is 14.4. The van der Waals surface area contributed by atoms with Crippen molar-refractivity contribution in [2.75, 3.05) is 19.6 Å². The lowest BCUT2D eigenvalue weighted by Crippen LogP contribution is -2.60. The Bertz CT molecular complexity index is 857. The van der Waals surface area contributed by atoms with E-state index in [1.165, 1.54) is 10.4 Å². The predicted molar refractivity (Wildman–Crippen MR) is 98.9 cm³/mol. The maximum absolute atomic E-state index is 13.3. The zero-order chi connectivity index (χ0) is 19.6. The second-order valence-electron chi connectivity index (χ2n) is 6.49. The summed E-state index contributed by atoms with van der Waals surface area (Å²) in [7, 11) is -3.62. The van der Waals surface area contributed by atoms with Gasteiger partial charge in [-0.05, 0) is 35.6 Å². The van der Waals surface area contributed by atoms with E-state index in [2.05, 4.69) is 5.32 Å². The molecule has 3 atom stereocenters. The first-order valence-electron chi connectivity index (χ1n) is 8.43. The van der Waals surface area contributed by atoms with E-state index < -0.39 is 39.8 Å². The highest BCUT2D eigenvalue weighted by molar-refractivity contribution is 7.91. The number of halogens is 2. The minimum atomic E-state index is -3.62. The summed E-state index contributed by atoms with van der Waals surface area (Å²) in [4.78, 5) is 0. The second kappa shape index (κ2) is 8.29. The van der Waals surface area contributed by atoms with Gasteiger partial charge in [-0.1, -0.05) is 6.07 Å². The van der Waals surface area contributed by atoms with Crippen LogP contribution < -0.4 is 11.1 Å². The molecule has 1 unspecified atom stereocenters. The quantitative estimate of drug-likeness (QED) is 0.650. The number of hydrogen-bond acceptors (Lipinski definition) is 6. The number of rotatable bonds is 6. The smallest absolute Gasteiger partial charge is 0.252 e. The molecule has 1 aliphatic rings. The molecule has 6 nitrogen and oxygen atoms in total. The molecule has 1 aromatic carbocycles. The van der Waals surface area contributed by atoms with E-state index in [1.807, 2.05) is 0 Å². The largest absolute Gasteiger partial charge is 0.390 e. The third-order valence-electron chi connectivity index (χ3n) is 4.50. The van der Waals surface area contributed by atoms with Gasteiger partial charge in [0.25, 0.3) is 10.0 Å². The van der Waals surface area contributed by atoms with E-state index in [0.29, 0.717) is 12.1 Å². The maximum Gasteiger partial charge on any atom is 0.252 e. The van der Waals surface area contributed by atoms with Crippen LogP contribution in [0.1, 0.15) is 5.56 Å². The number of nitrogens with zero attached hydrogens (tertiary/aromatic N) is 1. The fourth-order valence-corrected chi connectivity index (χ4v) is 5.77. The molecule has 1 aliphatic heterocycles. The van der Waals surface area contributed by atoms with Crippen LogP contribution in [-0.4, -0.2) is 55.7 Å². The number of nitrogens with two attached hydrogens (primary N) is 1. The van der Waals surface area contributed by atoms with Crippen LogP contribution in [0.3, 0.4) is 0 Å². The Hall–Kier alpha value is -1.43. The first kappa shape index (κ1) is 20.3. The molecule has 0 aliphatic carbocycles. The van der Waals surface area contributed by atoms with E-state index in [-0.39, 0.29) is 23.7 Å². The van der Waals surface area contributed by atoms with Crippen molar-refractivity contribution < 1.29 is 22.3 Å². The molecule has 3 rings (SSSR count). The van der Waals surface area contributed by atoms with Gasteiger partial charge in [0, 0.05) is 37.8 Å². The molecule has 2 aromatic rings. The number of piperazine rings is 1. The molecule has 27 heavy (non-hydrogen) atoms. The molecule has 0 radical (unpaired) electrons. The monoisotopic (exact) mass is 417 g/mol. The topological polar surface area (TPSA) is 95.7 Å². The summed E-state index contributed by atoms with van der Waals surface area (Å²) >= 11 is 1.14. The molecule has 4 N–H and O–H groups in total. The van der Waals surface area contributed by atoms with Gasteiger partial charge in [0.05, 0.1) is 6.10 Å². The fraction of sp³-hybridized carbons (Fsp3) is 0.412. The van der Waals surface area contributed by atoms with Gasteiger partial charge in [0.2, 0.25) is 0 Å². The van der Waals surface area contributed by atoms with Gasteiger partial charge in [-0.2, -0.15) is 4.31 Å². The summed E-state index contributed by atoms with van der Waals surface area (Å²) in [5, 5.41) is 15.3. The van der Waals surface area contributed by atoms with Crippen molar-refractivity contribution in [2.45, 2.75) is 28.8 Å². The Morgan fingerprint density at radius 2 is 2.04 bits per heavy atom. The molecular weight excluding hydrogens is 396 g/mol. The Labute approximate surface area is 160 Å². The number of benzene rings is 1. The van der Waals surface area contributed by atoms with Gasteiger partial charge in [-0.3, -0.25) is 0 Å². The van der Waals surface area contributed by atoms with E-state index in [0.717, 1.165) is 29.5 Å². The van der Waals surface area contributed by atoms with Gasteiger partial charge >= 0.3 is 0 Å². The number of thiophene rings is 1. The number of aliphatic hydroxyl groups is 1. The highest BCUT2D eigenvalue weighted by atomic mass is 32.2. The molecule has 2 heterocycles. The third kappa shape index (κ3) is 4.71. The number of hydrogen-bond donors (Lipinski definition) is 3. The SMILES string of the molecule is NC(Cc1cc(F)cc(F)c1)[C@H](O)[C@H]1CN(S(=O)(=O)c2cccs2)CCN1. The molecular formula is C17H21F2N3O3S2. The van der Waals surface area contributed by atoms with E-state index in [4.69, 9.17) is 5.73 Å². The number of nitrogens with one attached hydrogen (secondary N) is 1. The van der Waals surface area contributed by atoms with E-state index in [9.17, 15) is 22.3 Å². The summed E-state index contributed by atoms with van der Waals surface area (Å²) in [6, 6.07) is 4.91. The van der Waals surface area contributed by atoms with Crippen molar-refractivity contribution in [2.24, 2.45) is 5.73 Å². The van der Waals surface area contributed by atoms with Gasteiger partial charge in [0.15, 0.2) is 0 Å². The van der Waals surface area contributed by atoms with Crippen LogP contribution in [0.25, 0.3) is 0 Å². The minimum Gasteiger partial charge on any atom is -0.390 e. The molecule has 1 fully saturated rings. The molecule has 148 valence electrons. The van der Waals surface area contributed by atoms with Crippen LogP contribution in [0.15, 0.2) is 39.9 Å². The summed E-state index contributed by atoms with van der Waals surface area (Å²) in [6.07, 6.45) is -1.02. The van der Waals surface area contributed by atoms with Crippen LogP contribution in [0.4, 0.5) is 8.78 Å². The number of aliphatic hydroxyl groups excluding tert-OH is 1. The first-order valence-corrected chi connectivity index (χ1v) is 10.7. The number of sulfonamides is 1. The van der Waals surface area contributed by atoms with E-state index in [1.54, 1.807) is 11.4 Å². The molecule has 1 saturated heterocycles. The molecule has 0 spiro atoms. The second-order valence-corrected chi connectivity index (χ2v) is 9.60. The Morgan fingerprint density at radius 1 is 1.33 bits per heavy atom. The summed E-state index contributed by atoms with van der Waals surface area (Å²) < 4.78 is 53.5. The summed E-state index contributed by atoms with van der Waals surface area (Å²) in [5.74, 6) is -1.42. The van der Waals surface area contributed by atoms with Crippen LogP contribution >= 0.6 is 11.3 Å². The van der Waals surface area contributed by atoms with Crippen molar-refractivity contribution in [3.8, 4) is 0 Å². The van der Waals surface area contributed by atoms with Gasteiger partial charge in [-0.25, -0.2) is 17.2 Å². The van der Waals surface area contributed by atoms with Crippen molar-refractivity contribution in [1.29, 1.82) is 0 Å². The van der Waals surface area contributed by atoms with Gasteiger partial charge < -0.3 is 16.2 Å². The van der Waals surface area contributed by atoms with Crippen LogP contribution in [0.2, 0.25) is 0 Å². The normalized spacial score (nSPS) is 21.1. The van der Waals surface area contributed by atoms with Crippen LogP contribution in [0.5, 0.6) is 0 Å². The molecule has 0 bridgehead atoms. The minimum absolute atomic E-state index is 0.0612. The highest BCUT2D eigenvalue weighted by Crippen LogP contribution is 2.23. The molecule has 10 heteroatoms. The Balaban J connectivity index is 1.68. The van der Waals surface area contributed by atoms with Gasteiger partial charge in [0.1, 0.15) is 15.8 Å². The van der Waals surface area contributed by atoms with Crippen molar-refractivity contribution in [1.82, 2.24) is 9.62 Å². The lowest BCUT2D eigenvalue weighted by atomic mass is 9.96. The summed E-state index contributed by atoms with van der Waals surface area (Å²) in [5.41, 5.74) is 6.36. The zero-order valence-corrected chi connectivity index (χ0v) is 16.0. The molecule has 1 aromatic heterocycles. The molecule has 0 saturated carbocycles. The average molecular weight is 418 g/mol. The Morgan fingerprint density at radius 3 is 2.67 bits per heavy atom. The van der Waals surface area contributed by atoms with Crippen molar-refractivity contribution in [3.05, 3.63) is 52.9 Å². The van der Waals surface area contributed by atoms with Crippen LogP contribution in [0, 0.1) is 11.6 Å². The maximum atomic E-state index is 13.3. The van der Waals surface area contributed by atoms with Gasteiger partial charge in [-0.15, -0.1) is 11.3 Å².